The molecule has 0 aromatic carbocycles. The van der Waals surface area contributed by atoms with Crippen LogP contribution in [0.2, 0.25) is 0 Å². The monoisotopic (exact) mass is 303 g/mol. The smallest absolute Gasteiger partial charge is 0.407 e. The summed E-state index contributed by atoms with van der Waals surface area (Å²) in [7, 11) is 0. The molecule has 21 heavy (non-hydrogen) atoms. The van der Waals surface area contributed by atoms with Crippen LogP contribution in [-0.4, -0.2) is 35.3 Å². The number of nitrogens with zero attached hydrogens (tertiary/aromatic N) is 2. The molecular weight excluding hydrogens is 278 g/mol. The number of nitro groups is 1. The fourth-order valence-corrected chi connectivity index (χ4v) is 1.54. The van der Waals surface area contributed by atoms with Crippen molar-refractivity contribution < 1.29 is 14.6 Å². The third kappa shape index (κ3) is 11.5. The molecule has 0 saturated heterocycles. The SMILES string of the molecule is CC[C@H](CCCN/C(N)=N/[N+](=O)[O-])NC(=O)OC(C)(C)C. The molecule has 0 aromatic heterocycles. The summed E-state index contributed by atoms with van der Waals surface area (Å²) >= 11 is 0. The van der Waals surface area contributed by atoms with Gasteiger partial charge in [-0.2, -0.15) is 0 Å². The van der Waals surface area contributed by atoms with Crippen molar-refractivity contribution in [2.24, 2.45) is 10.8 Å². The van der Waals surface area contributed by atoms with E-state index in [0.29, 0.717) is 19.4 Å². The molecule has 0 aromatic rings. The number of hydrogen-bond donors (Lipinski definition) is 3. The third-order valence-corrected chi connectivity index (χ3v) is 2.44. The van der Waals surface area contributed by atoms with E-state index in [1.165, 1.54) is 0 Å². The molecule has 0 fully saturated rings. The lowest BCUT2D eigenvalue weighted by Crippen LogP contribution is -2.39. The van der Waals surface area contributed by atoms with Crippen LogP contribution in [0, 0.1) is 10.1 Å². The maximum absolute atomic E-state index is 11.6. The summed E-state index contributed by atoms with van der Waals surface area (Å²) in [5, 5.41) is 17.5. The second-order valence-electron chi connectivity index (χ2n) is 5.54. The Morgan fingerprint density at radius 2 is 2.10 bits per heavy atom. The zero-order valence-corrected chi connectivity index (χ0v) is 13.0. The van der Waals surface area contributed by atoms with Crippen molar-refractivity contribution in [3.05, 3.63) is 10.1 Å². The maximum atomic E-state index is 11.6. The summed E-state index contributed by atoms with van der Waals surface area (Å²) in [5.74, 6) is -0.229. The molecule has 0 saturated carbocycles. The Labute approximate surface area is 124 Å². The first-order chi connectivity index (χ1) is 9.64. The summed E-state index contributed by atoms with van der Waals surface area (Å²) in [5.41, 5.74) is 4.75. The Morgan fingerprint density at radius 1 is 1.48 bits per heavy atom. The summed E-state index contributed by atoms with van der Waals surface area (Å²) in [6.07, 6.45) is 1.70. The van der Waals surface area contributed by atoms with Crippen LogP contribution < -0.4 is 16.4 Å². The second-order valence-corrected chi connectivity index (χ2v) is 5.54. The van der Waals surface area contributed by atoms with E-state index in [2.05, 4.69) is 15.7 Å². The van der Waals surface area contributed by atoms with Crippen molar-refractivity contribution in [3.8, 4) is 0 Å². The number of guanidine groups is 1. The third-order valence-electron chi connectivity index (χ3n) is 2.44. The van der Waals surface area contributed by atoms with E-state index in [9.17, 15) is 14.9 Å². The minimum atomic E-state index is -0.860. The minimum Gasteiger partial charge on any atom is -0.444 e. The number of carbonyl (C=O) groups is 1. The zero-order chi connectivity index (χ0) is 16.5. The van der Waals surface area contributed by atoms with Crippen molar-refractivity contribution in [2.45, 2.75) is 58.6 Å². The highest BCUT2D eigenvalue weighted by atomic mass is 16.7. The van der Waals surface area contributed by atoms with Crippen LogP contribution in [0.25, 0.3) is 0 Å². The van der Waals surface area contributed by atoms with Gasteiger partial charge in [-0.05, 0) is 40.0 Å². The Kier molecular flexibility index (Phi) is 8.10. The van der Waals surface area contributed by atoms with Gasteiger partial charge in [-0.15, -0.1) is 0 Å². The molecular formula is C12H25N5O4. The van der Waals surface area contributed by atoms with Gasteiger partial charge in [0.1, 0.15) is 10.7 Å². The molecule has 4 N–H and O–H groups in total. The fraction of sp³-hybridized carbons (Fsp3) is 0.833. The van der Waals surface area contributed by atoms with Crippen LogP contribution in [0.3, 0.4) is 0 Å². The maximum Gasteiger partial charge on any atom is 0.407 e. The predicted octanol–water partition coefficient (Wildman–Crippen LogP) is 1.17. The molecule has 0 aliphatic heterocycles. The van der Waals surface area contributed by atoms with E-state index < -0.39 is 16.7 Å². The Hall–Kier alpha value is -2.06. The molecule has 0 aliphatic carbocycles. The quantitative estimate of drug-likeness (QED) is 0.212. The van der Waals surface area contributed by atoms with Crippen molar-refractivity contribution in [1.29, 1.82) is 0 Å². The first-order valence-electron chi connectivity index (χ1n) is 6.86. The number of amides is 1. The molecule has 0 unspecified atom stereocenters. The first kappa shape index (κ1) is 18.9. The Bertz CT molecular complexity index is 378. The Morgan fingerprint density at radius 3 is 2.57 bits per heavy atom. The number of carbonyl (C=O) groups excluding carboxylic acids is 1. The van der Waals surface area contributed by atoms with Gasteiger partial charge in [0.25, 0.3) is 5.96 Å². The molecule has 0 bridgehead atoms. The van der Waals surface area contributed by atoms with Gasteiger partial charge in [0.2, 0.25) is 0 Å². The molecule has 0 heterocycles. The predicted molar refractivity (Wildman–Crippen MR) is 79.3 cm³/mol. The van der Waals surface area contributed by atoms with E-state index in [4.69, 9.17) is 10.5 Å². The van der Waals surface area contributed by atoms with Crippen LogP contribution in [0.5, 0.6) is 0 Å². The second kappa shape index (κ2) is 8.98. The number of nitrogens with one attached hydrogen (secondary N) is 2. The molecule has 0 spiro atoms. The van der Waals surface area contributed by atoms with Gasteiger partial charge in [0.05, 0.1) is 0 Å². The molecule has 1 amide bonds. The number of rotatable bonds is 7. The van der Waals surface area contributed by atoms with E-state index in [0.717, 1.165) is 6.42 Å². The summed E-state index contributed by atoms with van der Waals surface area (Å²) in [6, 6.07) is -0.0182. The number of hydrogen-bond acceptors (Lipinski definition) is 4. The van der Waals surface area contributed by atoms with Crippen LogP contribution in [0.15, 0.2) is 5.10 Å². The van der Waals surface area contributed by atoms with Crippen LogP contribution in [-0.2, 0) is 4.74 Å². The van der Waals surface area contributed by atoms with E-state index in [-0.39, 0.29) is 12.0 Å². The molecule has 0 radical (unpaired) electrons. The zero-order valence-electron chi connectivity index (χ0n) is 13.0. The molecule has 9 heteroatoms. The number of ether oxygens (including phenoxy) is 1. The van der Waals surface area contributed by atoms with Gasteiger partial charge in [0.15, 0.2) is 5.03 Å². The number of alkyl carbamates (subject to hydrolysis) is 1. The van der Waals surface area contributed by atoms with Crippen molar-refractivity contribution in [2.75, 3.05) is 6.54 Å². The van der Waals surface area contributed by atoms with Crippen LogP contribution >= 0.6 is 0 Å². The van der Waals surface area contributed by atoms with Crippen molar-refractivity contribution >= 4 is 12.1 Å². The van der Waals surface area contributed by atoms with Crippen LogP contribution in [0.4, 0.5) is 4.79 Å². The highest BCUT2D eigenvalue weighted by molar-refractivity contribution is 5.76. The van der Waals surface area contributed by atoms with Gasteiger partial charge < -0.3 is 21.1 Å². The van der Waals surface area contributed by atoms with Gasteiger partial charge in [0, 0.05) is 12.6 Å². The Balaban J connectivity index is 4.01. The molecule has 9 nitrogen and oxygen atoms in total. The van der Waals surface area contributed by atoms with Crippen molar-refractivity contribution in [1.82, 2.24) is 10.6 Å². The summed E-state index contributed by atoms with van der Waals surface area (Å²) < 4.78 is 5.18. The summed E-state index contributed by atoms with van der Waals surface area (Å²) in [4.78, 5) is 21.7. The summed E-state index contributed by atoms with van der Waals surface area (Å²) in [6.45, 7) is 7.80. The van der Waals surface area contributed by atoms with Gasteiger partial charge in [-0.3, -0.25) is 0 Å². The highest BCUT2D eigenvalue weighted by Crippen LogP contribution is 2.08. The minimum absolute atomic E-state index is 0.0182. The van der Waals surface area contributed by atoms with E-state index in [1.807, 2.05) is 6.92 Å². The van der Waals surface area contributed by atoms with Crippen molar-refractivity contribution in [3.63, 3.8) is 0 Å². The lowest BCUT2D eigenvalue weighted by molar-refractivity contribution is -0.485. The molecule has 0 aliphatic rings. The first-order valence-corrected chi connectivity index (χ1v) is 6.86. The number of hydrazone groups is 1. The van der Waals surface area contributed by atoms with Crippen LogP contribution in [0.1, 0.15) is 47.0 Å². The standard InChI is InChI=1S/C12H25N5O4/c1-5-9(15-11(18)21-12(2,3)4)7-6-8-14-10(13)16-17(19)20/h9H,5-8H2,1-4H3,(H,15,18)(H3,13,14,16)/t9-/m1/s1. The fourth-order valence-electron chi connectivity index (χ4n) is 1.54. The van der Waals surface area contributed by atoms with Gasteiger partial charge >= 0.3 is 6.09 Å². The van der Waals surface area contributed by atoms with E-state index in [1.54, 1.807) is 20.8 Å². The van der Waals surface area contributed by atoms with Gasteiger partial charge in [-0.1, -0.05) is 6.92 Å². The van der Waals surface area contributed by atoms with E-state index >= 15 is 0 Å². The molecule has 0 rings (SSSR count). The largest absolute Gasteiger partial charge is 0.444 e. The molecule has 122 valence electrons. The highest BCUT2D eigenvalue weighted by Gasteiger charge is 2.18. The lowest BCUT2D eigenvalue weighted by atomic mass is 10.1. The lowest BCUT2D eigenvalue weighted by Gasteiger charge is -2.23. The average molecular weight is 303 g/mol. The normalized spacial score (nSPS) is 13.4. The molecule has 1 atom stereocenters. The van der Waals surface area contributed by atoms with Gasteiger partial charge in [-0.25, -0.2) is 14.9 Å². The number of nitrogens with two attached hydrogens (primary N) is 1. The average Bonchev–Trinajstić information content (AvgIpc) is 2.29. The topological polar surface area (TPSA) is 132 Å².